The summed E-state index contributed by atoms with van der Waals surface area (Å²) in [5, 5.41) is 0.771. The topological polar surface area (TPSA) is 72.6 Å². The van der Waals surface area contributed by atoms with Crippen LogP contribution in [0.4, 0.5) is 10.7 Å². The number of nitrogens with two attached hydrogens (primary N) is 1. The molecule has 2 N–H and O–H groups in total. The van der Waals surface area contributed by atoms with Gasteiger partial charge in [-0.3, -0.25) is 4.79 Å². The molecule has 1 aliphatic rings. The quantitative estimate of drug-likeness (QED) is 0.684. The predicted molar refractivity (Wildman–Crippen MR) is 85.2 cm³/mol. The van der Waals surface area contributed by atoms with Gasteiger partial charge in [0.25, 0.3) is 0 Å². The number of ether oxygens (including phenoxy) is 1. The lowest BCUT2D eigenvalue weighted by Crippen LogP contribution is -2.21. The van der Waals surface area contributed by atoms with Crippen LogP contribution < -0.4 is 10.6 Å². The highest BCUT2D eigenvalue weighted by Gasteiger charge is 2.33. The number of anilines is 2. The van der Waals surface area contributed by atoms with Gasteiger partial charge in [0.1, 0.15) is 10.6 Å². The molecule has 1 aromatic heterocycles. The zero-order chi connectivity index (χ0) is 15.7. The highest BCUT2D eigenvalue weighted by atomic mass is 32.1. The van der Waals surface area contributed by atoms with Crippen molar-refractivity contribution in [2.24, 2.45) is 11.8 Å². The van der Waals surface area contributed by atoms with E-state index in [0.717, 1.165) is 18.1 Å². The van der Waals surface area contributed by atoms with Crippen molar-refractivity contribution < 1.29 is 14.3 Å². The number of ketones is 1. The molecule has 0 aliphatic carbocycles. The number of hydrogen-bond donors (Lipinski definition) is 1. The second-order valence-electron chi connectivity index (χ2n) is 5.66. The predicted octanol–water partition coefficient (Wildman–Crippen LogP) is 2.80. The van der Waals surface area contributed by atoms with Gasteiger partial charge in [0.15, 0.2) is 5.78 Å². The van der Waals surface area contributed by atoms with Crippen molar-refractivity contribution in [3.05, 3.63) is 10.4 Å². The smallest absolute Gasteiger partial charge is 0.343 e. The first-order valence-electron chi connectivity index (χ1n) is 7.22. The zero-order valence-electron chi connectivity index (χ0n) is 12.9. The van der Waals surface area contributed by atoms with Gasteiger partial charge in [-0.2, -0.15) is 0 Å². The number of carbonyl (C=O) groups excluding carboxylic acids is 2. The van der Waals surface area contributed by atoms with E-state index in [1.807, 2.05) is 0 Å². The molecule has 0 spiro atoms. The van der Waals surface area contributed by atoms with E-state index in [0.29, 0.717) is 22.3 Å². The molecule has 5 nitrogen and oxygen atoms in total. The van der Waals surface area contributed by atoms with E-state index in [4.69, 9.17) is 10.5 Å². The maximum atomic E-state index is 12.2. The molecule has 0 amide bonds. The SMILES string of the molecule is CCOC(=O)c1c(N2CC(C)C(C)C2)sc(C(C)=O)c1N. The Kier molecular flexibility index (Phi) is 4.56. The Morgan fingerprint density at radius 3 is 2.38 bits per heavy atom. The first kappa shape index (κ1) is 15.8. The second-order valence-corrected chi connectivity index (χ2v) is 6.66. The zero-order valence-corrected chi connectivity index (χ0v) is 13.8. The van der Waals surface area contributed by atoms with E-state index in [-0.39, 0.29) is 18.1 Å². The standard InChI is InChI=1S/C15H22N2O3S/c1-5-20-15(19)11-12(16)13(10(4)18)21-14(11)17-6-8(2)9(3)7-17/h8-9H,5-7,16H2,1-4H3. The summed E-state index contributed by atoms with van der Waals surface area (Å²) in [6.45, 7) is 9.63. The normalized spacial score (nSPS) is 21.6. The minimum atomic E-state index is -0.444. The fraction of sp³-hybridized carbons (Fsp3) is 0.600. The van der Waals surface area contributed by atoms with Crippen molar-refractivity contribution >= 4 is 33.8 Å². The number of carbonyl (C=O) groups is 2. The Labute approximate surface area is 129 Å². The van der Waals surface area contributed by atoms with Crippen LogP contribution in [0.15, 0.2) is 0 Å². The number of nitrogen functional groups attached to an aromatic ring is 1. The molecule has 21 heavy (non-hydrogen) atoms. The average molecular weight is 310 g/mol. The molecule has 1 aliphatic heterocycles. The summed E-state index contributed by atoms with van der Waals surface area (Å²) in [6, 6.07) is 0. The Morgan fingerprint density at radius 1 is 1.33 bits per heavy atom. The minimum Gasteiger partial charge on any atom is -0.462 e. The van der Waals surface area contributed by atoms with Crippen LogP contribution in [0, 0.1) is 11.8 Å². The third-order valence-corrected chi connectivity index (χ3v) is 5.37. The van der Waals surface area contributed by atoms with E-state index < -0.39 is 5.97 Å². The maximum absolute atomic E-state index is 12.2. The molecule has 1 fully saturated rings. The van der Waals surface area contributed by atoms with Gasteiger partial charge in [0.05, 0.1) is 17.2 Å². The molecule has 0 radical (unpaired) electrons. The van der Waals surface area contributed by atoms with Gasteiger partial charge >= 0.3 is 5.97 Å². The summed E-state index contributed by atoms with van der Waals surface area (Å²) in [7, 11) is 0. The van der Waals surface area contributed by atoms with E-state index in [9.17, 15) is 9.59 Å². The summed E-state index contributed by atoms with van der Waals surface area (Å²) in [4.78, 5) is 26.5. The lowest BCUT2D eigenvalue weighted by atomic mass is 10.0. The summed E-state index contributed by atoms with van der Waals surface area (Å²) < 4.78 is 5.11. The highest BCUT2D eigenvalue weighted by molar-refractivity contribution is 7.19. The van der Waals surface area contributed by atoms with Crippen LogP contribution in [-0.2, 0) is 4.74 Å². The Bertz CT molecular complexity index is 558. The Balaban J connectivity index is 2.46. The lowest BCUT2D eigenvalue weighted by Gasteiger charge is -2.17. The molecule has 116 valence electrons. The van der Waals surface area contributed by atoms with Crippen LogP contribution in [-0.4, -0.2) is 31.4 Å². The van der Waals surface area contributed by atoms with Crippen molar-refractivity contribution in [1.82, 2.24) is 0 Å². The lowest BCUT2D eigenvalue weighted by molar-refractivity contribution is 0.0529. The first-order valence-corrected chi connectivity index (χ1v) is 8.03. The molecule has 0 saturated carbocycles. The molecule has 2 rings (SSSR count). The number of esters is 1. The fourth-order valence-electron chi connectivity index (χ4n) is 2.61. The van der Waals surface area contributed by atoms with E-state index in [1.165, 1.54) is 18.3 Å². The van der Waals surface area contributed by atoms with Gasteiger partial charge in [0.2, 0.25) is 0 Å². The molecule has 1 aromatic rings. The third kappa shape index (κ3) is 2.90. The van der Waals surface area contributed by atoms with Gasteiger partial charge < -0.3 is 15.4 Å². The molecular weight excluding hydrogens is 288 g/mol. The van der Waals surface area contributed by atoms with Crippen molar-refractivity contribution in [1.29, 1.82) is 0 Å². The Hall–Kier alpha value is -1.56. The fourth-order valence-corrected chi connectivity index (χ4v) is 3.73. The molecular formula is C15H22N2O3S. The summed E-state index contributed by atoms with van der Waals surface area (Å²) in [5.41, 5.74) is 6.65. The van der Waals surface area contributed by atoms with E-state index in [1.54, 1.807) is 6.92 Å². The number of hydrogen-bond acceptors (Lipinski definition) is 6. The minimum absolute atomic E-state index is 0.116. The van der Waals surface area contributed by atoms with Crippen LogP contribution in [0.25, 0.3) is 0 Å². The maximum Gasteiger partial charge on any atom is 0.343 e. The van der Waals surface area contributed by atoms with Crippen LogP contribution in [0.5, 0.6) is 0 Å². The van der Waals surface area contributed by atoms with E-state index in [2.05, 4.69) is 18.7 Å². The first-order chi connectivity index (χ1) is 9.86. The molecule has 6 heteroatoms. The van der Waals surface area contributed by atoms with Crippen molar-refractivity contribution in [3.63, 3.8) is 0 Å². The number of thiophene rings is 1. The molecule has 2 heterocycles. The number of nitrogens with zero attached hydrogens (tertiary/aromatic N) is 1. The molecule has 2 unspecified atom stereocenters. The van der Waals surface area contributed by atoms with E-state index >= 15 is 0 Å². The van der Waals surface area contributed by atoms with Crippen LogP contribution in [0.2, 0.25) is 0 Å². The summed E-state index contributed by atoms with van der Waals surface area (Å²) in [6.07, 6.45) is 0. The molecule has 0 bridgehead atoms. The van der Waals surface area contributed by atoms with Crippen molar-refractivity contribution in [3.8, 4) is 0 Å². The highest BCUT2D eigenvalue weighted by Crippen LogP contribution is 2.41. The van der Waals surface area contributed by atoms with Crippen LogP contribution in [0.3, 0.4) is 0 Å². The summed E-state index contributed by atoms with van der Waals surface area (Å²) >= 11 is 1.30. The Morgan fingerprint density at radius 2 is 1.90 bits per heavy atom. The number of rotatable bonds is 4. The monoisotopic (exact) mass is 310 g/mol. The molecule has 0 aromatic carbocycles. The van der Waals surface area contributed by atoms with Gasteiger partial charge in [0, 0.05) is 20.0 Å². The van der Waals surface area contributed by atoms with Crippen molar-refractivity contribution in [2.75, 3.05) is 30.3 Å². The van der Waals surface area contributed by atoms with Crippen LogP contribution in [0.1, 0.15) is 47.7 Å². The van der Waals surface area contributed by atoms with Crippen molar-refractivity contribution in [2.45, 2.75) is 27.7 Å². The third-order valence-electron chi connectivity index (χ3n) is 4.00. The number of Topliss-reactive ketones (excluding diaryl/α,β-unsaturated/α-hetero) is 1. The average Bonchev–Trinajstić information content (AvgIpc) is 2.91. The van der Waals surface area contributed by atoms with Gasteiger partial charge in [-0.25, -0.2) is 4.79 Å². The second kappa shape index (κ2) is 6.05. The summed E-state index contributed by atoms with van der Waals surface area (Å²) in [5.74, 6) is 0.531. The van der Waals surface area contributed by atoms with Gasteiger partial charge in [-0.15, -0.1) is 11.3 Å². The van der Waals surface area contributed by atoms with Crippen LogP contribution >= 0.6 is 11.3 Å². The van der Waals surface area contributed by atoms with Gasteiger partial charge in [-0.05, 0) is 18.8 Å². The van der Waals surface area contributed by atoms with Gasteiger partial charge in [-0.1, -0.05) is 13.8 Å². The molecule has 2 atom stereocenters. The largest absolute Gasteiger partial charge is 0.462 e. The molecule has 1 saturated heterocycles.